The second-order valence-corrected chi connectivity index (χ2v) is 4.48. The van der Waals surface area contributed by atoms with E-state index in [0.29, 0.717) is 5.92 Å². The summed E-state index contributed by atoms with van der Waals surface area (Å²) in [7, 11) is 0. The lowest BCUT2D eigenvalue weighted by Gasteiger charge is -2.03. The van der Waals surface area contributed by atoms with E-state index in [1.807, 2.05) is 0 Å². The summed E-state index contributed by atoms with van der Waals surface area (Å²) in [4.78, 5) is 4.54. The number of nitrogens with one attached hydrogen (secondary N) is 2. The fraction of sp³-hybridized carbons (Fsp3) is 0.800. The van der Waals surface area contributed by atoms with Crippen LogP contribution in [-0.4, -0.2) is 28.3 Å². The van der Waals surface area contributed by atoms with Crippen LogP contribution in [0.2, 0.25) is 0 Å². The quantitative estimate of drug-likeness (QED) is 0.746. The molecule has 2 fully saturated rings. The van der Waals surface area contributed by atoms with Gasteiger partial charge in [0.15, 0.2) is 5.82 Å². The minimum atomic E-state index is 0.668. The Kier molecular flexibility index (Phi) is 2.01. The summed E-state index contributed by atoms with van der Waals surface area (Å²) < 4.78 is 0. The van der Waals surface area contributed by atoms with E-state index >= 15 is 0 Å². The number of H-pyrrole nitrogens is 1. The Balaban J connectivity index is 1.64. The van der Waals surface area contributed by atoms with Gasteiger partial charge in [0.1, 0.15) is 5.82 Å². The highest BCUT2D eigenvalue weighted by atomic mass is 15.2. The van der Waals surface area contributed by atoms with Crippen molar-refractivity contribution in [3.63, 3.8) is 0 Å². The number of aromatic nitrogens is 3. The zero-order valence-electron chi connectivity index (χ0n) is 8.29. The smallest absolute Gasteiger partial charge is 0.153 e. The summed E-state index contributed by atoms with van der Waals surface area (Å²) in [6.07, 6.45) is 4.90. The van der Waals surface area contributed by atoms with Crippen LogP contribution >= 0.6 is 0 Å². The Morgan fingerprint density at radius 2 is 2.21 bits per heavy atom. The minimum absolute atomic E-state index is 0.668. The molecule has 4 heteroatoms. The van der Waals surface area contributed by atoms with E-state index in [9.17, 15) is 0 Å². The van der Waals surface area contributed by atoms with Crippen LogP contribution in [0.5, 0.6) is 0 Å². The fourth-order valence-electron chi connectivity index (χ4n) is 2.09. The van der Waals surface area contributed by atoms with E-state index in [1.165, 1.54) is 19.3 Å². The molecule has 1 aliphatic carbocycles. The Labute approximate surface area is 83.5 Å². The van der Waals surface area contributed by atoms with Gasteiger partial charge in [-0.05, 0) is 38.3 Å². The lowest BCUT2D eigenvalue weighted by molar-refractivity contribution is 0.562. The van der Waals surface area contributed by atoms with Gasteiger partial charge in [0.2, 0.25) is 0 Å². The number of hydrogen-bond acceptors (Lipinski definition) is 3. The summed E-state index contributed by atoms with van der Waals surface area (Å²) in [5.74, 6) is 3.56. The first-order valence-corrected chi connectivity index (χ1v) is 5.54. The highest BCUT2D eigenvalue weighted by Crippen LogP contribution is 2.37. The Bertz CT molecular complexity index is 310. The number of rotatable bonds is 3. The molecule has 1 aromatic rings. The molecule has 14 heavy (non-hydrogen) atoms. The molecule has 2 aliphatic rings. The maximum atomic E-state index is 4.54. The van der Waals surface area contributed by atoms with Crippen molar-refractivity contribution in [2.24, 2.45) is 5.92 Å². The third kappa shape index (κ3) is 1.66. The van der Waals surface area contributed by atoms with Crippen LogP contribution in [0.1, 0.15) is 36.8 Å². The fourth-order valence-corrected chi connectivity index (χ4v) is 2.09. The molecule has 1 saturated carbocycles. The lowest BCUT2D eigenvalue weighted by atomic mass is 10.1. The Hall–Kier alpha value is -0.900. The number of hydrogen-bond donors (Lipinski definition) is 2. The maximum Gasteiger partial charge on any atom is 0.153 e. The molecular weight excluding hydrogens is 176 g/mol. The van der Waals surface area contributed by atoms with Crippen LogP contribution in [0.4, 0.5) is 0 Å². The summed E-state index contributed by atoms with van der Waals surface area (Å²) in [6.45, 7) is 2.30. The van der Waals surface area contributed by atoms with Crippen LogP contribution in [0.3, 0.4) is 0 Å². The molecule has 0 aromatic carbocycles. The van der Waals surface area contributed by atoms with E-state index in [4.69, 9.17) is 0 Å². The predicted octanol–water partition coefficient (Wildman–Crippen LogP) is 0.834. The van der Waals surface area contributed by atoms with Crippen LogP contribution < -0.4 is 5.32 Å². The van der Waals surface area contributed by atoms with Gasteiger partial charge >= 0.3 is 0 Å². The third-order valence-electron chi connectivity index (χ3n) is 3.14. The van der Waals surface area contributed by atoms with Gasteiger partial charge in [-0.15, -0.1) is 0 Å². The molecule has 0 radical (unpaired) electrons. The van der Waals surface area contributed by atoms with Crippen molar-refractivity contribution < 1.29 is 0 Å². The van der Waals surface area contributed by atoms with E-state index in [-0.39, 0.29) is 0 Å². The molecule has 2 heterocycles. The molecule has 76 valence electrons. The second kappa shape index (κ2) is 3.35. The first kappa shape index (κ1) is 8.41. The SMILES string of the molecule is C1C[C@H](Cc2nc(C3CC3)n[nH]2)CN1. The normalized spacial score (nSPS) is 27.0. The van der Waals surface area contributed by atoms with Crippen molar-refractivity contribution in [1.29, 1.82) is 0 Å². The van der Waals surface area contributed by atoms with Crippen molar-refractivity contribution in [3.05, 3.63) is 11.6 Å². The molecule has 1 aliphatic heterocycles. The van der Waals surface area contributed by atoms with E-state index in [1.54, 1.807) is 0 Å². The zero-order valence-corrected chi connectivity index (χ0v) is 8.29. The zero-order chi connectivity index (χ0) is 9.38. The minimum Gasteiger partial charge on any atom is -0.316 e. The Morgan fingerprint density at radius 3 is 2.93 bits per heavy atom. The molecule has 1 aromatic heterocycles. The average Bonchev–Trinajstić information content (AvgIpc) is 2.75. The van der Waals surface area contributed by atoms with Gasteiger partial charge in [-0.1, -0.05) is 0 Å². The van der Waals surface area contributed by atoms with E-state index in [2.05, 4.69) is 20.5 Å². The van der Waals surface area contributed by atoms with Gasteiger partial charge < -0.3 is 5.32 Å². The maximum absolute atomic E-state index is 4.54. The van der Waals surface area contributed by atoms with Crippen LogP contribution in [-0.2, 0) is 6.42 Å². The first-order valence-electron chi connectivity index (χ1n) is 5.54. The number of nitrogens with zero attached hydrogens (tertiary/aromatic N) is 2. The van der Waals surface area contributed by atoms with Crippen molar-refractivity contribution in [3.8, 4) is 0 Å². The number of aromatic amines is 1. The van der Waals surface area contributed by atoms with Crippen molar-refractivity contribution >= 4 is 0 Å². The Morgan fingerprint density at radius 1 is 1.29 bits per heavy atom. The molecule has 0 unspecified atom stereocenters. The largest absolute Gasteiger partial charge is 0.316 e. The molecular formula is C10H16N4. The molecule has 2 N–H and O–H groups in total. The summed E-state index contributed by atoms with van der Waals surface area (Å²) in [5.41, 5.74) is 0. The van der Waals surface area contributed by atoms with Crippen LogP contribution in [0.25, 0.3) is 0 Å². The monoisotopic (exact) mass is 192 g/mol. The highest BCUT2D eigenvalue weighted by molar-refractivity contribution is 5.05. The second-order valence-electron chi connectivity index (χ2n) is 4.48. The van der Waals surface area contributed by atoms with Gasteiger partial charge in [0.25, 0.3) is 0 Å². The molecule has 3 rings (SSSR count). The van der Waals surface area contributed by atoms with Gasteiger partial charge in [-0.3, -0.25) is 5.10 Å². The molecule has 1 atom stereocenters. The highest BCUT2D eigenvalue weighted by Gasteiger charge is 2.28. The summed E-state index contributed by atoms with van der Waals surface area (Å²) in [5, 5.41) is 10.7. The van der Waals surface area contributed by atoms with Crippen molar-refractivity contribution in [2.45, 2.75) is 31.6 Å². The van der Waals surface area contributed by atoms with E-state index in [0.717, 1.165) is 37.1 Å². The van der Waals surface area contributed by atoms with Gasteiger partial charge in [-0.25, -0.2) is 4.98 Å². The standard InChI is InChI=1S/C10H16N4/c1-2-8(1)10-12-9(13-14-10)5-7-3-4-11-6-7/h7-8,11H,1-6H2,(H,12,13,14)/t7-/m1/s1. The van der Waals surface area contributed by atoms with Gasteiger partial charge in [-0.2, -0.15) is 5.10 Å². The summed E-state index contributed by atoms with van der Waals surface area (Å²) in [6, 6.07) is 0. The van der Waals surface area contributed by atoms with E-state index < -0.39 is 0 Å². The van der Waals surface area contributed by atoms with Crippen molar-refractivity contribution in [2.75, 3.05) is 13.1 Å². The third-order valence-corrected chi connectivity index (χ3v) is 3.14. The molecule has 1 saturated heterocycles. The lowest BCUT2D eigenvalue weighted by Crippen LogP contribution is -2.11. The predicted molar refractivity (Wildman–Crippen MR) is 53.0 cm³/mol. The average molecular weight is 192 g/mol. The molecule has 0 amide bonds. The summed E-state index contributed by atoms with van der Waals surface area (Å²) >= 11 is 0. The van der Waals surface area contributed by atoms with Crippen LogP contribution in [0.15, 0.2) is 0 Å². The first-order chi connectivity index (χ1) is 6.92. The van der Waals surface area contributed by atoms with Gasteiger partial charge in [0.05, 0.1) is 0 Å². The molecule has 0 bridgehead atoms. The molecule has 4 nitrogen and oxygen atoms in total. The van der Waals surface area contributed by atoms with Crippen LogP contribution in [0, 0.1) is 5.92 Å². The topological polar surface area (TPSA) is 53.6 Å². The molecule has 0 spiro atoms. The van der Waals surface area contributed by atoms with Crippen molar-refractivity contribution in [1.82, 2.24) is 20.5 Å². The van der Waals surface area contributed by atoms with Gasteiger partial charge in [0, 0.05) is 12.3 Å².